The van der Waals surface area contributed by atoms with Crippen molar-refractivity contribution in [2.75, 3.05) is 0 Å². The fourth-order valence-electron chi connectivity index (χ4n) is 1.24. The standard InChI is InChI=1S/C9H16N2O2/c1-7(2)11-5-4-10(9(11)13)6-8(3)12/h4-5,7-8,12H,6H2,1-3H3. The first-order chi connectivity index (χ1) is 6.02. The Morgan fingerprint density at radius 2 is 2.00 bits per heavy atom. The molecular weight excluding hydrogens is 168 g/mol. The van der Waals surface area contributed by atoms with Crippen molar-refractivity contribution in [3.8, 4) is 0 Å². The van der Waals surface area contributed by atoms with E-state index in [-0.39, 0.29) is 11.7 Å². The second-order valence-electron chi connectivity index (χ2n) is 3.58. The number of rotatable bonds is 3. The molecule has 1 rings (SSSR count). The summed E-state index contributed by atoms with van der Waals surface area (Å²) in [6, 6.07) is 0.169. The third-order valence-corrected chi connectivity index (χ3v) is 1.89. The second kappa shape index (κ2) is 3.79. The Morgan fingerprint density at radius 1 is 1.38 bits per heavy atom. The van der Waals surface area contributed by atoms with Gasteiger partial charge < -0.3 is 5.11 Å². The molecule has 4 nitrogen and oxygen atoms in total. The molecule has 1 atom stereocenters. The van der Waals surface area contributed by atoms with Crippen LogP contribution in [0.3, 0.4) is 0 Å². The van der Waals surface area contributed by atoms with Gasteiger partial charge >= 0.3 is 5.69 Å². The normalized spacial score (nSPS) is 13.6. The summed E-state index contributed by atoms with van der Waals surface area (Å²) in [6.07, 6.45) is 2.96. The Balaban J connectivity index is 2.94. The highest BCUT2D eigenvalue weighted by molar-refractivity contribution is 4.84. The molecule has 0 bridgehead atoms. The van der Waals surface area contributed by atoms with Gasteiger partial charge in [-0.1, -0.05) is 0 Å². The number of imidazole rings is 1. The van der Waals surface area contributed by atoms with Gasteiger partial charge in [-0.05, 0) is 20.8 Å². The molecule has 1 heterocycles. The predicted molar refractivity (Wildman–Crippen MR) is 50.8 cm³/mol. The predicted octanol–water partition coefficient (Wildman–Crippen LogP) is 0.611. The minimum absolute atomic E-state index is 0.0594. The van der Waals surface area contributed by atoms with Crippen molar-refractivity contribution < 1.29 is 5.11 Å². The second-order valence-corrected chi connectivity index (χ2v) is 3.58. The van der Waals surface area contributed by atoms with Crippen molar-refractivity contribution in [1.29, 1.82) is 0 Å². The molecule has 0 saturated heterocycles. The maximum absolute atomic E-state index is 11.6. The summed E-state index contributed by atoms with van der Waals surface area (Å²) in [4.78, 5) is 11.6. The molecule has 1 unspecified atom stereocenters. The van der Waals surface area contributed by atoms with Crippen LogP contribution in [0.2, 0.25) is 0 Å². The number of hydrogen-bond acceptors (Lipinski definition) is 2. The molecule has 0 aliphatic carbocycles. The Morgan fingerprint density at radius 3 is 2.38 bits per heavy atom. The van der Waals surface area contributed by atoms with Crippen LogP contribution in [-0.2, 0) is 6.54 Å². The lowest BCUT2D eigenvalue weighted by Crippen LogP contribution is -2.28. The zero-order valence-electron chi connectivity index (χ0n) is 8.27. The van der Waals surface area contributed by atoms with Crippen LogP contribution in [0.1, 0.15) is 26.8 Å². The Bertz CT molecular complexity index is 323. The average molecular weight is 184 g/mol. The van der Waals surface area contributed by atoms with E-state index in [4.69, 9.17) is 5.11 Å². The van der Waals surface area contributed by atoms with Crippen molar-refractivity contribution >= 4 is 0 Å². The van der Waals surface area contributed by atoms with Crippen LogP contribution in [0.15, 0.2) is 17.2 Å². The molecule has 0 radical (unpaired) electrons. The molecule has 0 aliphatic heterocycles. The van der Waals surface area contributed by atoms with E-state index in [1.165, 1.54) is 4.57 Å². The van der Waals surface area contributed by atoms with Crippen LogP contribution in [0.25, 0.3) is 0 Å². The minimum atomic E-state index is -0.485. The largest absolute Gasteiger partial charge is 0.392 e. The van der Waals surface area contributed by atoms with Crippen LogP contribution < -0.4 is 5.69 Å². The van der Waals surface area contributed by atoms with E-state index in [1.807, 2.05) is 13.8 Å². The summed E-state index contributed by atoms with van der Waals surface area (Å²) in [7, 11) is 0. The first-order valence-electron chi connectivity index (χ1n) is 4.47. The Labute approximate surface area is 77.4 Å². The Hall–Kier alpha value is -1.03. The molecule has 0 spiro atoms. The van der Waals surface area contributed by atoms with Gasteiger partial charge in [0.1, 0.15) is 0 Å². The minimum Gasteiger partial charge on any atom is -0.392 e. The molecule has 0 aromatic carbocycles. The molecule has 1 N–H and O–H groups in total. The highest BCUT2D eigenvalue weighted by Crippen LogP contribution is 1.99. The van der Waals surface area contributed by atoms with E-state index in [9.17, 15) is 4.79 Å². The summed E-state index contributed by atoms with van der Waals surface area (Å²) in [6.45, 7) is 5.93. The third-order valence-electron chi connectivity index (χ3n) is 1.89. The van der Waals surface area contributed by atoms with Crippen LogP contribution >= 0.6 is 0 Å². The third kappa shape index (κ3) is 2.21. The van der Waals surface area contributed by atoms with Crippen molar-refractivity contribution in [2.45, 2.75) is 39.5 Å². The molecule has 13 heavy (non-hydrogen) atoms. The van der Waals surface area contributed by atoms with Crippen molar-refractivity contribution in [3.63, 3.8) is 0 Å². The average Bonchev–Trinajstić information content (AvgIpc) is 2.32. The highest BCUT2D eigenvalue weighted by atomic mass is 16.3. The maximum atomic E-state index is 11.6. The first-order valence-corrected chi connectivity index (χ1v) is 4.47. The van der Waals surface area contributed by atoms with Gasteiger partial charge in [0.2, 0.25) is 0 Å². The van der Waals surface area contributed by atoms with Crippen molar-refractivity contribution in [1.82, 2.24) is 9.13 Å². The zero-order valence-corrected chi connectivity index (χ0v) is 8.27. The summed E-state index contributed by atoms with van der Waals surface area (Å²) in [5.74, 6) is 0. The summed E-state index contributed by atoms with van der Waals surface area (Å²) >= 11 is 0. The molecule has 1 aromatic rings. The molecule has 0 amide bonds. The van der Waals surface area contributed by atoms with Gasteiger partial charge in [0.25, 0.3) is 0 Å². The van der Waals surface area contributed by atoms with Crippen LogP contribution in [-0.4, -0.2) is 20.3 Å². The molecule has 74 valence electrons. The van der Waals surface area contributed by atoms with Gasteiger partial charge in [0.15, 0.2) is 0 Å². The molecule has 1 aromatic heterocycles. The van der Waals surface area contributed by atoms with Crippen LogP contribution in [0, 0.1) is 0 Å². The lowest BCUT2D eigenvalue weighted by atomic mass is 10.4. The molecule has 0 saturated carbocycles. The monoisotopic (exact) mass is 184 g/mol. The summed E-state index contributed by atoms with van der Waals surface area (Å²) in [5, 5.41) is 9.11. The van der Waals surface area contributed by atoms with E-state index >= 15 is 0 Å². The molecule has 4 heteroatoms. The summed E-state index contributed by atoms with van der Waals surface area (Å²) < 4.78 is 3.16. The van der Waals surface area contributed by atoms with E-state index < -0.39 is 6.10 Å². The number of hydrogen-bond donors (Lipinski definition) is 1. The lowest BCUT2D eigenvalue weighted by Gasteiger charge is -2.06. The molecule has 0 aliphatic rings. The maximum Gasteiger partial charge on any atom is 0.328 e. The van der Waals surface area contributed by atoms with Gasteiger partial charge in [-0.2, -0.15) is 0 Å². The van der Waals surface area contributed by atoms with Crippen LogP contribution in [0.4, 0.5) is 0 Å². The molecular formula is C9H16N2O2. The molecule has 0 fully saturated rings. The van der Waals surface area contributed by atoms with Crippen molar-refractivity contribution in [2.24, 2.45) is 0 Å². The fraction of sp³-hybridized carbons (Fsp3) is 0.667. The SMILES string of the molecule is CC(O)Cn1ccn(C(C)C)c1=O. The highest BCUT2D eigenvalue weighted by Gasteiger charge is 2.06. The van der Waals surface area contributed by atoms with Crippen molar-refractivity contribution in [3.05, 3.63) is 22.9 Å². The number of aliphatic hydroxyl groups is 1. The summed E-state index contributed by atoms with van der Waals surface area (Å²) in [5.41, 5.74) is -0.0594. The van der Waals surface area contributed by atoms with E-state index in [1.54, 1.807) is 23.9 Å². The van der Waals surface area contributed by atoms with Gasteiger partial charge in [-0.3, -0.25) is 9.13 Å². The number of aliphatic hydroxyl groups excluding tert-OH is 1. The van der Waals surface area contributed by atoms with E-state index in [0.717, 1.165) is 0 Å². The van der Waals surface area contributed by atoms with E-state index in [0.29, 0.717) is 6.54 Å². The topological polar surface area (TPSA) is 47.2 Å². The van der Waals surface area contributed by atoms with Gasteiger partial charge in [-0.25, -0.2) is 4.79 Å². The van der Waals surface area contributed by atoms with Gasteiger partial charge in [0, 0.05) is 18.4 Å². The van der Waals surface area contributed by atoms with E-state index in [2.05, 4.69) is 0 Å². The smallest absolute Gasteiger partial charge is 0.328 e. The van der Waals surface area contributed by atoms with Crippen LogP contribution in [0.5, 0.6) is 0 Å². The first kappa shape index (κ1) is 10.1. The number of aromatic nitrogens is 2. The number of nitrogens with zero attached hydrogens (tertiary/aromatic N) is 2. The van der Waals surface area contributed by atoms with Gasteiger partial charge in [-0.15, -0.1) is 0 Å². The fourth-order valence-corrected chi connectivity index (χ4v) is 1.24. The zero-order chi connectivity index (χ0) is 10.0. The Kier molecular flexibility index (Phi) is 2.93. The quantitative estimate of drug-likeness (QED) is 0.748. The lowest BCUT2D eigenvalue weighted by molar-refractivity contribution is 0.171. The van der Waals surface area contributed by atoms with Gasteiger partial charge in [0.05, 0.1) is 12.6 Å².